The predicted octanol–water partition coefficient (Wildman–Crippen LogP) is 0.688. The maximum atomic E-state index is 11.7. The summed E-state index contributed by atoms with van der Waals surface area (Å²) in [7, 11) is -2.53. The third-order valence-electron chi connectivity index (χ3n) is 4.61. The Bertz CT molecular complexity index is 1030. The molecular formula is C20H12O6P+. The molecule has 6 nitrogen and oxygen atoms in total. The molecule has 1 atom stereocenters. The van der Waals surface area contributed by atoms with Crippen LogP contribution < -0.4 is 0 Å². The van der Waals surface area contributed by atoms with Gasteiger partial charge in [-0.05, 0) is 12.2 Å². The van der Waals surface area contributed by atoms with Crippen molar-refractivity contribution in [2.45, 2.75) is 11.3 Å². The highest BCUT2D eigenvalue weighted by atomic mass is 31.2. The Hall–Kier alpha value is -3.39. The molecule has 7 heteroatoms. The van der Waals surface area contributed by atoms with Crippen molar-refractivity contribution in [2.24, 2.45) is 0 Å². The molecule has 0 radical (unpaired) electrons. The van der Waals surface area contributed by atoms with Crippen LogP contribution in [0.1, 0.15) is 0 Å². The minimum atomic E-state index is -2.53. The zero-order valence-electron chi connectivity index (χ0n) is 14.4. The monoisotopic (exact) mass is 379 g/mol. The van der Waals surface area contributed by atoms with Crippen molar-refractivity contribution >= 4 is 42.9 Å². The van der Waals surface area contributed by atoms with Crippen molar-refractivity contribution < 1.29 is 28.8 Å². The summed E-state index contributed by atoms with van der Waals surface area (Å²) in [4.78, 5) is 68.8. The van der Waals surface area contributed by atoms with Crippen LogP contribution in [0.3, 0.4) is 0 Å². The Morgan fingerprint density at radius 1 is 0.704 bits per heavy atom. The minimum absolute atomic E-state index is 0.285. The lowest BCUT2D eigenvalue weighted by Crippen LogP contribution is -2.33. The van der Waals surface area contributed by atoms with Crippen LogP contribution in [0.4, 0.5) is 0 Å². The fourth-order valence-electron chi connectivity index (χ4n) is 3.37. The first kappa shape index (κ1) is 19.9. The normalized spacial score (nSPS) is 21.7. The van der Waals surface area contributed by atoms with E-state index in [4.69, 9.17) is 0 Å². The fourth-order valence-corrected chi connectivity index (χ4v) is 6.79. The topological polar surface area (TPSA) is 102 Å². The second-order valence-electron chi connectivity index (χ2n) is 6.24. The Morgan fingerprint density at radius 2 is 1.22 bits per heavy atom. The van der Waals surface area contributed by atoms with Gasteiger partial charge in [0, 0.05) is 7.26 Å². The van der Waals surface area contributed by atoms with Crippen LogP contribution in [-0.2, 0) is 28.8 Å². The quantitative estimate of drug-likeness (QED) is 0.517. The number of hydrogen-bond donors (Lipinski definition) is 0. The molecule has 0 amide bonds. The van der Waals surface area contributed by atoms with Gasteiger partial charge in [-0.3, -0.25) is 0 Å². The summed E-state index contributed by atoms with van der Waals surface area (Å²) in [5.74, 6) is 9.39. The maximum absolute atomic E-state index is 11.7. The molecule has 27 heavy (non-hydrogen) atoms. The molecule has 1 saturated carbocycles. The van der Waals surface area contributed by atoms with E-state index in [1.165, 1.54) is 17.8 Å². The van der Waals surface area contributed by atoms with Gasteiger partial charge in [0.25, 0.3) is 0 Å². The zero-order chi connectivity index (χ0) is 20.2. The zero-order valence-corrected chi connectivity index (χ0v) is 15.3. The van der Waals surface area contributed by atoms with Crippen LogP contribution in [0, 0.1) is 0 Å². The molecule has 0 saturated heterocycles. The molecule has 0 heterocycles. The summed E-state index contributed by atoms with van der Waals surface area (Å²) in [6, 6.07) is 0. The molecule has 2 rings (SSSR count). The van der Waals surface area contributed by atoms with Crippen LogP contribution in [0.15, 0.2) is 57.7 Å². The Balaban J connectivity index is 2.87. The lowest BCUT2D eigenvalue weighted by atomic mass is 9.81. The summed E-state index contributed by atoms with van der Waals surface area (Å²) in [6.45, 7) is 3.50. The summed E-state index contributed by atoms with van der Waals surface area (Å²) < 4.78 is 0. The van der Waals surface area contributed by atoms with Gasteiger partial charge >= 0.3 is 0 Å². The van der Waals surface area contributed by atoms with Crippen LogP contribution in [-0.4, -0.2) is 60.3 Å². The van der Waals surface area contributed by atoms with Crippen molar-refractivity contribution in [3.05, 3.63) is 57.7 Å². The summed E-state index contributed by atoms with van der Waals surface area (Å²) >= 11 is 0. The highest BCUT2D eigenvalue weighted by Crippen LogP contribution is 2.69. The first-order chi connectivity index (χ1) is 12.9. The van der Waals surface area contributed by atoms with Crippen LogP contribution in [0.5, 0.6) is 0 Å². The van der Waals surface area contributed by atoms with Gasteiger partial charge in [-0.1, -0.05) is 12.2 Å². The van der Waals surface area contributed by atoms with Gasteiger partial charge in [0.1, 0.15) is 58.1 Å². The summed E-state index contributed by atoms with van der Waals surface area (Å²) in [6.07, 6.45) is 6.62. The molecule has 0 aliphatic heterocycles. The smallest absolute Gasteiger partial charge is 0.143 e. The van der Waals surface area contributed by atoms with E-state index in [1.54, 1.807) is 49.5 Å². The first-order valence-corrected chi connectivity index (χ1v) is 10.4. The summed E-state index contributed by atoms with van der Waals surface area (Å²) in [5.41, 5.74) is -3.36. The predicted molar refractivity (Wildman–Crippen MR) is 99.9 cm³/mol. The summed E-state index contributed by atoms with van der Waals surface area (Å²) in [5, 5.41) is 0. The van der Waals surface area contributed by atoms with E-state index in [1.807, 2.05) is 5.94 Å². The number of rotatable bonds is 2. The largest absolute Gasteiger partial charge is 0.233 e. The number of allylic oxidation sites excluding steroid dienone is 10. The standard InChI is InChI=1S/C20H12O6P/c1-27(2,19-6-4-3-5-13(19)7-21)20-17(11-25)15(9-23)14(8-22)16(10-24)18(20)12-26/h3-6,19-20H,1-2H3/q+1. The van der Waals surface area contributed by atoms with Crippen molar-refractivity contribution in [1.29, 1.82) is 0 Å². The first-order valence-electron chi connectivity index (χ1n) is 7.62. The molecular weight excluding hydrogens is 367 g/mol. The molecule has 0 bridgehead atoms. The highest BCUT2D eigenvalue weighted by Gasteiger charge is 2.55. The lowest BCUT2D eigenvalue weighted by molar-refractivity contribution is 0.558. The fraction of sp³-hybridized carbons (Fsp3) is 0.200. The third kappa shape index (κ3) is 3.11. The van der Waals surface area contributed by atoms with E-state index in [0.29, 0.717) is 5.57 Å². The second-order valence-corrected chi connectivity index (χ2v) is 10.6. The molecule has 0 aromatic rings. The second kappa shape index (κ2) is 7.88. The SMILES string of the molecule is C[P+](C)(C1C=CC=CC1=C=O)C1C(=C=O)C(=C=O)C(=C=O)C(=C=O)C1=C=O. The molecule has 2 aliphatic carbocycles. The van der Waals surface area contributed by atoms with Gasteiger partial charge in [0.15, 0.2) is 0 Å². The Labute approximate surface area is 154 Å². The van der Waals surface area contributed by atoms with Crippen LogP contribution in [0.2, 0.25) is 0 Å². The Kier molecular flexibility index (Phi) is 5.81. The molecule has 0 aromatic heterocycles. The molecule has 132 valence electrons. The lowest BCUT2D eigenvalue weighted by Gasteiger charge is -2.36. The van der Waals surface area contributed by atoms with Gasteiger partial charge in [0.2, 0.25) is 0 Å². The molecule has 0 N–H and O–H groups in total. The Morgan fingerprint density at radius 3 is 1.63 bits per heavy atom. The van der Waals surface area contributed by atoms with Crippen molar-refractivity contribution in [3.63, 3.8) is 0 Å². The van der Waals surface area contributed by atoms with E-state index in [2.05, 4.69) is 0 Å². The number of carbonyl (C=O) groups excluding carboxylic acids is 6. The molecule has 1 fully saturated rings. The third-order valence-corrected chi connectivity index (χ3v) is 8.34. The maximum Gasteiger partial charge on any atom is 0.143 e. The van der Waals surface area contributed by atoms with Crippen molar-refractivity contribution in [1.82, 2.24) is 0 Å². The average Bonchev–Trinajstić information content (AvgIpc) is 2.70. The van der Waals surface area contributed by atoms with E-state index < -0.39 is 35.3 Å². The van der Waals surface area contributed by atoms with Gasteiger partial charge in [-0.15, -0.1) is 0 Å². The van der Waals surface area contributed by atoms with E-state index in [0.717, 1.165) is 0 Å². The van der Waals surface area contributed by atoms with Crippen molar-refractivity contribution in [3.8, 4) is 0 Å². The average molecular weight is 379 g/mol. The molecule has 2 aliphatic rings. The van der Waals surface area contributed by atoms with Gasteiger partial charge in [-0.2, -0.15) is 0 Å². The molecule has 0 spiro atoms. The van der Waals surface area contributed by atoms with Crippen molar-refractivity contribution in [2.75, 3.05) is 13.3 Å². The van der Waals surface area contributed by atoms with Gasteiger partial charge in [0.05, 0.1) is 35.6 Å². The number of hydrogen-bond acceptors (Lipinski definition) is 6. The molecule has 1 unspecified atom stereocenters. The van der Waals surface area contributed by atoms with Crippen LogP contribution >= 0.6 is 7.26 Å². The van der Waals surface area contributed by atoms with E-state index in [-0.39, 0.29) is 11.1 Å². The van der Waals surface area contributed by atoms with Gasteiger partial charge < -0.3 is 0 Å². The van der Waals surface area contributed by atoms with E-state index >= 15 is 0 Å². The molecule has 0 aromatic carbocycles. The van der Waals surface area contributed by atoms with Gasteiger partial charge in [-0.25, -0.2) is 28.8 Å². The van der Waals surface area contributed by atoms with Crippen LogP contribution in [0.25, 0.3) is 0 Å². The van der Waals surface area contributed by atoms with E-state index in [9.17, 15) is 28.8 Å². The minimum Gasteiger partial charge on any atom is -0.233 e. The highest BCUT2D eigenvalue weighted by molar-refractivity contribution is 7.76.